The fourth-order valence-electron chi connectivity index (χ4n) is 3.06. The van der Waals surface area contributed by atoms with Crippen molar-refractivity contribution in [2.24, 2.45) is 0 Å². The number of benzene rings is 2. The van der Waals surface area contributed by atoms with Gasteiger partial charge in [0.05, 0.1) is 6.04 Å². The van der Waals surface area contributed by atoms with E-state index in [2.05, 4.69) is 34.6 Å². The largest absolute Gasteiger partial charge is 0.423 e. The summed E-state index contributed by atoms with van der Waals surface area (Å²) in [6.45, 7) is 0. The van der Waals surface area contributed by atoms with Crippen LogP contribution in [0.2, 0.25) is 0 Å². The molecule has 0 amide bonds. The first kappa shape index (κ1) is 12.3. The van der Waals surface area contributed by atoms with Crippen molar-refractivity contribution in [3.8, 4) is 0 Å². The quantitative estimate of drug-likeness (QED) is 0.698. The molecule has 0 bridgehead atoms. The molecule has 1 unspecified atom stereocenters. The standard InChI is InChI=1S/C17H17N3O/c18-12-8-9-15-16(10-12)21-17(20-15)19-14-7-3-5-11-4-1-2-6-13(11)14/h1-2,4,6,8-10,14H,3,5,7,18H2,(H,19,20). The van der Waals surface area contributed by atoms with E-state index in [1.807, 2.05) is 18.2 Å². The van der Waals surface area contributed by atoms with Crippen LogP contribution in [0.5, 0.6) is 0 Å². The van der Waals surface area contributed by atoms with Crippen LogP contribution in [0.3, 0.4) is 0 Å². The predicted octanol–water partition coefficient (Wildman–Crippen LogP) is 3.90. The molecule has 106 valence electrons. The van der Waals surface area contributed by atoms with Crippen LogP contribution >= 0.6 is 0 Å². The summed E-state index contributed by atoms with van der Waals surface area (Å²) in [6, 6.07) is 14.9. The number of nitrogens with two attached hydrogens (primary N) is 1. The number of nitrogens with one attached hydrogen (secondary N) is 1. The van der Waals surface area contributed by atoms with E-state index in [0.717, 1.165) is 23.9 Å². The van der Waals surface area contributed by atoms with E-state index in [1.54, 1.807) is 0 Å². The Hall–Kier alpha value is -2.49. The second kappa shape index (κ2) is 4.81. The molecular weight excluding hydrogens is 262 g/mol. The Morgan fingerprint density at radius 2 is 2.10 bits per heavy atom. The number of nitrogen functional groups attached to an aromatic ring is 1. The number of rotatable bonds is 2. The molecule has 3 N–H and O–H groups in total. The molecule has 0 radical (unpaired) electrons. The Morgan fingerprint density at radius 3 is 3.05 bits per heavy atom. The van der Waals surface area contributed by atoms with Crippen molar-refractivity contribution in [2.75, 3.05) is 11.1 Å². The van der Waals surface area contributed by atoms with Gasteiger partial charge in [0, 0.05) is 11.8 Å². The van der Waals surface area contributed by atoms with E-state index in [4.69, 9.17) is 10.2 Å². The second-order valence-corrected chi connectivity index (χ2v) is 5.53. The van der Waals surface area contributed by atoms with Gasteiger partial charge in [0.25, 0.3) is 6.01 Å². The minimum atomic E-state index is 0.264. The molecule has 1 aliphatic carbocycles. The van der Waals surface area contributed by atoms with Crippen LogP contribution in [-0.2, 0) is 6.42 Å². The zero-order chi connectivity index (χ0) is 14.2. The highest BCUT2D eigenvalue weighted by Crippen LogP contribution is 2.33. The van der Waals surface area contributed by atoms with E-state index in [9.17, 15) is 0 Å². The molecule has 0 saturated carbocycles. The van der Waals surface area contributed by atoms with Crippen LogP contribution in [0.15, 0.2) is 46.9 Å². The average molecular weight is 279 g/mol. The molecule has 0 aliphatic heterocycles. The van der Waals surface area contributed by atoms with Crippen molar-refractivity contribution >= 4 is 22.8 Å². The van der Waals surface area contributed by atoms with Gasteiger partial charge in [-0.15, -0.1) is 0 Å². The molecule has 0 saturated heterocycles. The van der Waals surface area contributed by atoms with E-state index in [1.165, 1.54) is 17.5 Å². The molecule has 21 heavy (non-hydrogen) atoms. The Kier molecular flexibility index (Phi) is 2.81. The highest BCUT2D eigenvalue weighted by atomic mass is 16.4. The van der Waals surface area contributed by atoms with Crippen molar-refractivity contribution in [2.45, 2.75) is 25.3 Å². The lowest BCUT2D eigenvalue weighted by atomic mass is 9.88. The van der Waals surface area contributed by atoms with Crippen molar-refractivity contribution in [3.05, 3.63) is 53.6 Å². The summed E-state index contributed by atoms with van der Waals surface area (Å²) in [5.41, 5.74) is 10.8. The minimum absolute atomic E-state index is 0.264. The van der Waals surface area contributed by atoms with Gasteiger partial charge in [-0.2, -0.15) is 4.98 Å². The maximum absolute atomic E-state index is 5.77. The fraction of sp³-hybridized carbons (Fsp3) is 0.235. The monoisotopic (exact) mass is 279 g/mol. The molecule has 3 aromatic rings. The number of hydrogen-bond acceptors (Lipinski definition) is 4. The van der Waals surface area contributed by atoms with Crippen molar-refractivity contribution in [1.82, 2.24) is 4.98 Å². The first-order chi connectivity index (χ1) is 10.3. The summed E-state index contributed by atoms with van der Waals surface area (Å²) in [5, 5.41) is 3.43. The third-order valence-electron chi connectivity index (χ3n) is 4.08. The number of nitrogens with zero attached hydrogens (tertiary/aromatic N) is 1. The molecule has 1 atom stereocenters. The van der Waals surface area contributed by atoms with Gasteiger partial charge >= 0.3 is 0 Å². The normalized spacial score (nSPS) is 17.6. The number of aromatic nitrogens is 1. The summed E-state index contributed by atoms with van der Waals surface area (Å²) in [5.74, 6) is 0. The van der Waals surface area contributed by atoms with Crippen LogP contribution in [0.4, 0.5) is 11.7 Å². The van der Waals surface area contributed by atoms with Gasteiger partial charge in [-0.05, 0) is 42.5 Å². The molecule has 4 nitrogen and oxygen atoms in total. The number of aryl methyl sites for hydroxylation is 1. The van der Waals surface area contributed by atoms with E-state index >= 15 is 0 Å². The summed E-state index contributed by atoms with van der Waals surface area (Å²) < 4.78 is 5.76. The fourth-order valence-corrected chi connectivity index (χ4v) is 3.06. The van der Waals surface area contributed by atoms with Crippen molar-refractivity contribution in [1.29, 1.82) is 0 Å². The summed E-state index contributed by atoms with van der Waals surface area (Å²) in [4.78, 5) is 4.49. The molecule has 0 spiro atoms. The van der Waals surface area contributed by atoms with Gasteiger partial charge < -0.3 is 15.5 Å². The smallest absolute Gasteiger partial charge is 0.296 e. The number of fused-ring (bicyclic) bond motifs is 2. The van der Waals surface area contributed by atoms with Crippen LogP contribution in [-0.4, -0.2) is 4.98 Å². The molecule has 1 heterocycles. The molecule has 4 heteroatoms. The molecule has 0 fully saturated rings. The predicted molar refractivity (Wildman–Crippen MR) is 84.2 cm³/mol. The van der Waals surface area contributed by atoms with Gasteiger partial charge in [-0.1, -0.05) is 24.3 Å². The summed E-state index contributed by atoms with van der Waals surface area (Å²) in [6.07, 6.45) is 3.43. The Bertz CT molecular complexity index is 794. The van der Waals surface area contributed by atoms with Gasteiger partial charge in [-0.3, -0.25) is 0 Å². The molecule has 4 rings (SSSR count). The SMILES string of the molecule is Nc1ccc2nc(NC3CCCc4ccccc43)oc2c1. The van der Waals surface area contributed by atoms with Crippen LogP contribution in [0.1, 0.15) is 30.0 Å². The Labute approximate surface area is 123 Å². The zero-order valence-electron chi connectivity index (χ0n) is 11.7. The van der Waals surface area contributed by atoms with Crippen molar-refractivity contribution in [3.63, 3.8) is 0 Å². The highest BCUT2D eigenvalue weighted by molar-refractivity contribution is 5.78. The lowest BCUT2D eigenvalue weighted by Gasteiger charge is -2.25. The molecular formula is C17H17N3O. The maximum Gasteiger partial charge on any atom is 0.296 e. The maximum atomic E-state index is 5.77. The van der Waals surface area contributed by atoms with Crippen LogP contribution < -0.4 is 11.1 Å². The van der Waals surface area contributed by atoms with Gasteiger partial charge in [0.1, 0.15) is 5.52 Å². The molecule has 1 aromatic heterocycles. The Morgan fingerprint density at radius 1 is 1.19 bits per heavy atom. The topological polar surface area (TPSA) is 64.1 Å². The first-order valence-electron chi connectivity index (χ1n) is 7.30. The van der Waals surface area contributed by atoms with Gasteiger partial charge in [-0.25, -0.2) is 0 Å². The van der Waals surface area contributed by atoms with Gasteiger partial charge in [0.15, 0.2) is 5.58 Å². The third-order valence-corrected chi connectivity index (χ3v) is 4.08. The van der Waals surface area contributed by atoms with Crippen LogP contribution in [0, 0.1) is 0 Å². The lowest BCUT2D eigenvalue weighted by Crippen LogP contribution is -2.17. The average Bonchev–Trinajstić information content (AvgIpc) is 2.89. The molecule has 1 aliphatic rings. The number of anilines is 2. The summed E-state index contributed by atoms with van der Waals surface area (Å²) in [7, 11) is 0. The zero-order valence-corrected chi connectivity index (χ0v) is 11.7. The first-order valence-corrected chi connectivity index (χ1v) is 7.30. The number of hydrogen-bond donors (Lipinski definition) is 2. The van der Waals surface area contributed by atoms with E-state index in [-0.39, 0.29) is 6.04 Å². The second-order valence-electron chi connectivity index (χ2n) is 5.53. The lowest BCUT2D eigenvalue weighted by molar-refractivity contribution is 0.555. The highest BCUT2D eigenvalue weighted by Gasteiger charge is 2.21. The third kappa shape index (κ3) is 2.23. The van der Waals surface area contributed by atoms with E-state index in [0.29, 0.717) is 11.7 Å². The van der Waals surface area contributed by atoms with E-state index < -0.39 is 0 Å². The molecule has 2 aromatic carbocycles. The number of oxazole rings is 1. The van der Waals surface area contributed by atoms with Gasteiger partial charge in [0.2, 0.25) is 0 Å². The summed E-state index contributed by atoms with van der Waals surface area (Å²) >= 11 is 0. The Balaban J connectivity index is 1.66. The van der Waals surface area contributed by atoms with Crippen LogP contribution in [0.25, 0.3) is 11.1 Å². The minimum Gasteiger partial charge on any atom is -0.423 e. The van der Waals surface area contributed by atoms with Crippen molar-refractivity contribution < 1.29 is 4.42 Å².